The van der Waals surface area contributed by atoms with E-state index in [0.717, 1.165) is 36.2 Å². The van der Waals surface area contributed by atoms with Crippen LogP contribution < -0.4 is 5.32 Å². The molecular formula is C19H18F3N3O3. The molecule has 1 saturated heterocycles. The third-order valence-corrected chi connectivity index (χ3v) is 4.57. The lowest BCUT2D eigenvalue weighted by Crippen LogP contribution is -2.23. The summed E-state index contributed by atoms with van der Waals surface area (Å²) in [5, 5.41) is 13.4. The number of alkyl halides is 3. The summed E-state index contributed by atoms with van der Waals surface area (Å²) in [6.07, 6.45) is -3.28. The Kier molecular flexibility index (Phi) is 5.53. The van der Waals surface area contributed by atoms with E-state index in [4.69, 9.17) is 0 Å². The third kappa shape index (κ3) is 4.59. The highest BCUT2D eigenvalue weighted by molar-refractivity contribution is 5.78. The molecule has 1 amide bonds. The molecule has 0 unspecified atom stereocenters. The second-order valence-electron chi connectivity index (χ2n) is 6.57. The van der Waals surface area contributed by atoms with Gasteiger partial charge in [0, 0.05) is 43.9 Å². The summed E-state index contributed by atoms with van der Waals surface area (Å²) in [4.78, 5) is 23.3. The Bertz CT molecular complexity index is 882. The van der Waals surface area contributed by atoms with Crippen molar-refractivity contribution in [2.45, 2.75) is 32.1 Å². The van der Waals surface area contributed by atoms with Crippen LogP contribution in [-0.4, -0.2) is 22.3 Å². The molecule has 9 heteroatoms. The van der Waals surface area contributed by atoms with Crippen molar-refractivity contribution in [1.82, 2.24) is 4.90 Å². The molecule has 28 heavy (non-hydrogen) atoms. The van der Waals surface area contributed by atoms with Gasteiger partial charge in [-0.1, -0.05) is 24.3 Å². The van der Waals surface area contributed by atoms with E-state index in [1.54, 1.807) is 17.0 Å². The summed E-state index contributed by atoms with van der Waals surface area (Å²) in [6.45, 7) is 1.39. The van der Waals surface area contributed by atoms with Crippen molar-refractivity contribution >= 4 is 17.3 Å². The Morgan fingerprint density at radius 1 is 1.11 bits per heavy atom. The standard InChI is InChI=1S/C19H18F3N3O3/c20-19(21,22)16-10-15(25(27)28)7-8-17(16)23-11-13-3-5-14(6-4-13)12-24-9-1-2-18(24)26/h3-8,10,23H,1-2,9,11-12H2. The van der Waals surface area contributed by atoms with Crippen LogP contribution in [0.15, 0.2) is 42.5 Å². The topological polar surface area (TPSA) is 75.5 Å². The van der Waals surface area contributed by atoms with Gasteiger partial charge in [-0.2, -0.15) is 13.2 Å². The molecule has 0 spiro atoms. The van der Waals surface area contributed by atoms with Crippen LogP contribution in [0.5, 0.6) is 0 Å². The highest BCUT2D eigenvalue weighted by Crippen LogP contribution is 2.37. The Labute approximate surface area is 159 Å². The van der Waals surface area contributed by atoms with E-state index in [9.17, 15) is 28.1 Å². The summed E-state index contributed by atoms with van der Waals surface area (Å²) in [7, 11) is 0. The fourth-order valence-corrected chi connectivity index (χ4v) is 3.09. The number of halogens is 3. The first-order valence-electron chi connectivity index (χ1n) is 8.69. The molecule has 1 aliphatic rings. The Morgan fingerprint density at radius 2 is 1.79 bits per heavy atom. The summed E-state index contributed by atoms with van der Waals surface area (Å²) in [5.41, 5.74) is -0.206. The first-order valence-corrected chi connectivity index (χ1v) is 8.69. The Balaban J connectivity index is 1.68. The lowest BCUT2D eigenvalue weighted by molar-refractivity contribution is -0.385. The van der Waals surface area contributed by atoms with E-state index in [1.807, 2.05) is 12.1 Å². The van der Waals surface area contributed by atoms with Gasteiger partial charge in [-0.25, -0.2) is 0 Å². The predicted octanol–water partition coefficient (Wildman–Crippen LogP) is 4.35. The van der Waals surface area contributed by atoms with Crippen LogP contribution in [0.2, 0.25) is 0 Å². The molecule has 0 bridgehead atoms. The van der Waals surface area contributed by atoms with Gasteiger partial charge in [0.15, 0.2) is 0 Å². The summed E-state index contributed by atoms with van der Waals surface area (Å²) < 4.78 is 39.6. The van der Waals surface area contributed by atoms with E-state index >= 15 is 0 Å². The molecule has 1 fully saturated rings. The SMILES string of the molecule is O=C1CCCN1Cc1ccc(CNc2ccc([N+](=O)[O-])cc2C(F)(F)F)cc1. The molecule has 6 nitrogen and oxygen atoms in total. The van der Waals surface area contributed by atoms with Crippen molar-refractivity contribution in [3.05, 3.63) is 69.3 Å². The number of nitrogens with zero attached hydrogens (tertiary/aromatic N) is 2. The fourth-order valence-electron chi connectivity index (χ4n) is 3.09. The van der Waals surface area contributed by atoms with E-state index in [-0.39, 0.29) is 18.1 Å². The number of carbonyl (C=O) groups is 1. The van der Waals surface area contributed by atoms with Gasteiger partial charge in [-0.15, -0.1) is 0 Å². The number of amides is 1. The average molecular weight is 393 g/mol. The van der Waals surface area contributed by atoms with Gasteiger partial charge in [-0.05, 0) is 23.6 Å². The second-order valence-corrected chi connectivity index (χ2v) is 6.57. The van der Waals surface area contributed by atoms with Crippen LogP contribution in [0.3, 0.4) is 0 Å². The van der Waals surface area contributed by atoms with Gasteiger partial charge in [0.1, 0.15) is 0 Å². The maximum atomic E-state index is 13.2. The number of rotatable bonds is 6. The maximum Gasteiger partial charge on any atom is 0.418 e. The number of anilines is 1. The van der Waals surface area contributed by atoms with E-state index in [1.165, 1.54) is 0 Å². The number of hydrogen-bond acceptors (Lipinski definition) is 4. The van der Waals surface area contributed by atoms with Crippen LogP contribution in [0.25, 0.3) is 0 Å². The minimum atomic E-state index is -4.71. The zero-order valence-corrected chi connectivity index (χ0v) is 14.8. The lowest BCUT2D eigenvalue weighted by atomic mass is 10.1. The highest BCUT2D eigenvalue weighted by Gasteiger charge is 2.35. The molecule has 3 rings (SSSR count). The summed E-state index contributed by atoms with van der Waals surface area (Å²) >= 11 is 0. The largest absolute Gasteiger partial charge is 0.418 e. The van der Waals surface area contributed by atoms with Crippen molar-refractivity contribution in [1.29, 1.82) is 0 Å². The van der Waals surface area contributed by atoms with Gasteiger partial charge in [0.25, 0.3) is 5.69 Å². The number of hydrogen-bond donors (Lipinski definition) is 1. The van der Waals surface area contributed by atoms with Crippen LogP contribution in [0, 0.1) is 10.1 Å². The van der Waals surface area contributed by atoms with E-state index < -0.39 is 22.4 Å². The van der Waals surface area contributed by atoms with Crippen LogP contribution in [0.4, 0.5) is 24.5 Å². The molecule has 0 atom stereocenters. The number of nitro benzene ring substituents is 1. The van der Waals surface area contributed by atoms with Gasteiger partial charge in [-0.3, -0.25) is 14.9 Å². The average Bonchev–Trinajstić information content (AvgIpc) is 3.05. The molecule has 2 aromatic carbocycles. The van der Waals surface area contributed by atoms with Crippen LogP contribution >= 0.6 is 0 Å². The molecule has 0 aliphatic carbocycles. The smallest absolute Gasteiger partial charge is 0.380 e. The zero-order chi connectivity index (χ0) is 20.3. The highest BCUT2D eigenvalue weighted by atomic mass is 19.4. The van der Waals surface area contributed by atoms with Crippen molar-refractivity contribution in [2.75, 3.05) is 11.9 Å². The lowest BCUT2D eigenvalue weighted by Gasteiger charge is -2.16. The molecular weight excluding hydrogens is 375 g/mol. The second kappa shape index (κ2) is 7.87. The summed E-state index contributed by atoms with van der Waals surface area (Å²) in [5.74, 6) is 0.128. The van der Waals surface area contributed by atoms with Crippen molar-refractivity contribution in [2.24, 2.45) is 0 Å². The quantitative estimate of drug-likeness (QED) is 0.585. The van der Waals surface area contributed by atoms with Gasteiger partial charge in [0.2, 0.25) is 5.91 Å². The van der Waals surface area contributed by atoms with Crippen molar-refractivity contribution < 1.29 is 22.9 Å². The van der Waals surface area contributed by atoms with Gasteiger partial charge >= 0.3 is 6.18 Å². The monoisotopic (exact) mass is 393 g/mol. The fraction of sp³-hybridized carbons (Fsp3) is 0.316. The Hall–Kier alpha value is -3.10. The summed E-state index contributed by atoms with van der Waals surface area (Å²) in [6, 6.07) is 9.86. The molecule has 2 aromatic rings. The van der Waals surface area contributed by atoms with Crippen LogP contribution in [-0.2, 0) is 24.1 Å². The number of benzene rings is 2. The first-order chi connectivity index (χ1) is 13.2. The Morgan fingerprint density at radius 3 is 2.36 bits per heavy atom. The number of nitrogens with one attached hydrogen (secondary N) is 1. The van der Waals surface area contributed by atoms with E-state index in [0.29, 0.717) is 19.0 Å². The van der Waals surface area contributed by atoms with Gasteiger partial charge in [0.05, 0.1) is 10.5 Å². The molecule has 1 N–H and O–H groups in total. The third-order valence-electron chi connectivity index (χ3n) is 4.57. The minimum Gasteiger partial charge on any atom is -0.380 e. The predicted molar refractivity (Wildman–Crippen MR) is 96.5 cm³/mol. The van der Waals surface area contributed by atoms with Gasteiger partial charge < -0.3 is 10.2 Å². The molecule has 0 radical (unpaired) electrons. The molecule has 1 heterocycles. The van der Waals surface area contributed by atoms with Crippen molar-refractivity contribution in [3.8, 4) is 0 Å². The number of carbonyl (C=O) groups excluding carboxylic acids is 1. The van der Waals surface area contributed by atoms with E-state index in [2.05, 4.69) is 5.32 Å². The molecule has 0 aromatic heterocycles. The normalized spacial score (nSPS) is 14.4. The van der Waals surface area contributed by atoms with Crippen LogP contribution in [0.1, 0.15) is 29.5 Å². The minimum absolute atomic E-state index is 0.128. The van der Waals surface area contributed by atoms with Crippen molar-refractivity contribution in [3.63, 3.8) is 0 Å². The molecule has 148 valence electrons. The molecule has 0 saturated carbocycles. The zero-order valence-electron chi connectivity index (χ0n) is 14.8. The number of likely N-dealkylation sites (tertiary alicyclic amines) is 1. The number of non-ortho nitro benzene ring substituents is 1. The first kappa shape index (κ1) is 19.7. The molecule has 1 aliphatic heterocycles. The maximum absolute atomic E-state index is 13.2. The number of nitro groups is 1.